The summed E-state index contributed by atoms with van der Waals surface area (Å²) in [6, 6.07) is 23.9. The normalized spacial score (nSPS) is 14.2. The van der Waals surface area contributed by atoms with E-state index in [-0.39, 0.29) is 37.1 Å². The van der Waals surface area contributed by atoms with Gasteiger partial charge in [0.2, 0.25) is 0 Å². The van der Waals surface area contributed by atoms with Gasteiger partial charge in [-0.25, -0.2) is 0 Å². The van der Waals surface area contributed by atoms with E-state index in [9.17, 15) is 4.79 Å². The van der Waals surface area contributed by atoms with E-state index >= 15 is 0 Å². The number of allylic oxidation sites excluding steroid dienone is 2. The van der Waals surface area contributed by atoms with Gasteiger partial charge < -0.3 is 5.11 Å². The first-order valence-electron chi connectivity index (χ1n) is 14.2. The number of carbonyl (C=O) groups is 1. The zero-order valence-electron chi connectivity index (χ0n) is 24.5. The number of aliphatic hydroxyl groups excluding tert-OH is 1. The zero-order chi connectivity index (χ0) is 28.4. The Balaban J connectivity index is 0.000000434. The van der Waals surface area contributed by atoms with Crippen LogP contribution in [0.4, 0.5) is 0 Å². The van der Waals surface area contributed by atoms with E-state index in [1.165, 1.54) is 94.1 Å². The van der Waals surface area contributed by atoms with Crippen LogP contribution < -0.4 is 0 Å². The maximum atomic E-state index is 10.0. The molecule has 0 spiro atoms. The first-order valence-corrected chi connectivity index (χ1v) is 15.1. The maximum Gasteiger partial charge on any atom is 0.155 e. The van der Waals surface area contributed by atoms with Crippen molar-refractivity contribution in [3.05, 3.63) is 89.8 Å². The number of pyridine rings is 1. The molecule has 215 valence electrons. The van der Waals surface area contributed by atoms with E-state index in [1.807, 2.05) is 17.5 Å². The Morgan fingerprint density at radius 2 is 1.76 bits per heavy atom. The quantitative estimate of drug-likeness (QED) is 0.113. The van der Waals surface area contributed by atoms with E-state index in [0.717, 1.165) is 17.2 Å². The Bertz CT molecular complexity index is 1720. The second kappa shape index (κ2) is 13.0. The van der Waals surface area contributed by atoms with Gasteiger partial charge in [0, 0.05) is 47.5 Å². The van der Waals surface area contributed by atoms with Crippen LogP contribution in [0.25, 0.3) is 42.2 Å². The number of nitrogens with zero attached hydrogens (tertiary/aromatic N) is 1. The molecule has 1 saturated carbocycles. The standard InChI is InChI=1S/C31H30NS.C5H8O2.Ir/c1-31(2,3)27-19-23(18-22-10-6-7-11-24(22)27)29-30-26(14-15-32-29)25-13-12-21(17-28(25)33-30)16-20-8-4-5-9-20;1-4(6)3-5(2)7;/h6-7,10-15,17,19-20H,4-5,8-9,16H2,1-3H3;3,6H,1-2H3;/q-1;;/b;4-3-;. The molecule has 2 heterocycles. The van der Waals surface area contributed by atoms with Gasteiger partial charge in [-0.05, 0) is 60.1 Å². The molecule has 1 N–H and O–H groups in total. The molecule has 0 bridgehead atoms. The fourth-order valence-electron chi connectivity index (χ4n) is 5.89. The number of benzene rings is 3. The molecule has 3 nitrogen and oxygen atoms in total. The van der Waals surface area contributed by atoms with Gasteiger partial charge in [0.25, 0.3) is 0 Å². The van der Waals surface area contributed by atoms with E-state index in [0.29, 0.717) is 0 Å². The predicted octanol–water partition coefficient (Wildman–Crippen LogP) is 10.1. The summed E-state index contributed by atoms with van der Waals surface area (Å²) < 4.78 is 2.66. The van der Waals surface area contributed by atoms with Crippen LogP contribution in [0.15, 0.2) is 72.6 Å². The maximum absolute atomic E-state index is 10.0. The summed E-state index contributed by atoms with van der Waals surface area (Å²) in [5.74, 6) is 0.810. The third kappa shape index (κ3) is 7.14. The molecule has 6 rings (SSSR count). The number of hydrogen-bond acceptors (Lipinski definition) is 4. The Morgan fingerprint density at radius 3 is 2.41 bits per heavy atom. The molecule has 0 saturated heterocycles. The van der Waals surface area contributed by atoms with Crippen LogP contribution in [-0.4, -0.2) is 15.9 Å². The van der Waals surface area contributed by atoms with Gasteiger partial charge in [-0.2, -0.15) is 0 Å². The van der Waals surface area contributed by atoms with Crippen molar-refractivity contribution in [3.63, 3.8) is 0 Å². The smallest absolute Gasteiger partial charge is 0.155 e. The number of rotatable bonds is 4. The number of aromatic nitrogens is 1. The molecule has 1 aliphatic rings. The van der Waals surface area contributed by atoms with E-state index < -0.39 is 0 Å². The topological polar surface area (TPSA) is 50.2 Å². The second-order valence-electron chi connectivity index (χ2n) is 12.1. The third-order valence-corrected chi connectivity index (χ3v) is 8.88. The Kier molecular flexibility index (Phi) is 9.85. The largest absolute Gasteiger partial charge is 0.512 e. The van der Waals surface area contributed by atoms with Crippen molar-refractivity contribution in [3.8, 4) is 11.3 Å². The summed E-state index contributed by atoms with van der Waals surface area (Å²) >= 11 is 1.89. The first-order chi connectivity index (χ1) is 19.1. The van der Waals surface area contributed by atoms with E-state index in [2.05, 4.69) is 81.4 Å². The van der Waals surface area contributed by atoms with Gasteiger partial charge in [-0.1, -0.05) is 87.7 Å². The van der Waals surface area contributed by atoms with Gasteiger partial charge in [0.05, 0.1) is 5.76 Å². The number of fused-ring (bicyclic) bond motifs is 4. The van der Waals surface area contributed by atoms with Crippen LogP contribution in [0.3, 0.4) is 0 Å². The van der Waals surface area contributed by atoms with E-state index in [4.69, 9.17) is 10.1 Å². The van der Waals surface area contributed by atoms with Crippen LogP contribution in [0.1, 0.15) is 71.4 Å². The average molecular weight is 741 g/mol. The van der Waals surface area contributed by atoms with Crippen LogP contribution in [-0.2, 0) is 36.7 Å². The Morgan fingerprint density at radius 1 is 1.02 bits per heavy atom. The molecule has 1 fully saturated rings. The van der Waals surface area contributed by atoms with Crippen molar-refractivity contribution >= 4 is 48.1 Å². The van der Waals surface area contributed by atoms with Crippen LogP contribution >= 0.6 is 11.3 Å². The SMILES string of the molecule is CC(=O)/C=C(/C)O.CC(C)(C)c1cc(-c2nccc3c2sc2cc(CC4CCCC4)ccc23)[c-]c2ccccc12.[Ir]. The van der Waals surface area contributed by atoms with Crippen molar-refractivity contribution in [2.24, 2.45) is 5.92 Å². The van der Waals surface area contributed by atoms with Gasteiger partial charge in [-0.15, -0.1) is 40.5 Å². The molecule has 0 unspecified atom stereocenters. The minimum Gasteiger partial charge on any atom is -0.512 e. The summed E-state index contributed by atoms with van der Waals surface area (Å²) in [5, 5.41) is 13.5. The first kappa shape index (κ1) is 31.1. The number of hydrogen-bond donors (Lipinski definition) is 1. The fraction of sp³-hybridized carbons (Fsp3) is 0.333. The van der Waals surface area contributed by atoms with Gasteiger partial charge in [0.1, 0.15) is 0 Å². The Labute approximate surface area is 261 Å². The fourth-order valence-corrected chi connectivity index (χ4v) is 7.15. The number of ketones is 1. The van der Waals surface area contributed by atoms with Crippen molar-refractivity contribution in [2.75, 3.05) is 0 Å². The minimum atomic E-state index is -0.125. The summed E-state index contributed by atoms with van der Waals surface area (Å²) in [7, 11) is 0. The zero-order valence-corrected chi connectivity index (χ0v) is 27.7. The van der Waals surface area contributed by atoms with Gasteiger partial charge in [0.15, 0.2) is 5.78 Å². The molecule has 41 heavy (non-hydrogen) atoms. The summed E-state index contributed by atoms with van der Waals surface area (Å²) in [6.45, 7) is 9.72. The molecule has 1 radical (unpaired) electrons. The van der Waals surface area contributed by atoms with Crippen molar-refractivity contribution in [1.29, 1.82) is 0 Å². The van der Waals surface area contributed by atoms with Crippen molar-refractivity contribution < 1.29 is 30.0 Å². The predicted molar refractivity (Wildman–Crippen MR) is 170 cm³/mol. The number of aliphatic hydroxyl groups is 1. The molecule has 0 aliphatic heterocycles. The monoisotopic (exact) mass is 741 g/mol. The molecular formula is C36H38IrNO2S-. The second-order valence-corrected chi connectivity index (χ2v) is 13.2. The minimum absolute atomic E-state index is 0. The molecule has 5 heteroatoms. The molecule has 2 aromatic heterocycles. The van der Waals surface area contributed by atoms with Gasteiger partial charge >= 0.3 is 0 Å². The number of thiophene rings is 1. The molecule has 0 atom stereocenters. The summed E-state index contributed by atoms with van der Waals surface area (Å²) in [5.41, 5.74) is 5.05. The third-order valence-electron chi connectivity index (χ3n) is 7.70. The molecule has 5 aromatic rings. The van der Waals surface area contributed by atoms with Crippen molar-refractivity contribution in [1.82, 2.24) is 4.98 Å². The summed E-state index contributed by atoms with van der Waals surface area (Å²) in [6.07, 6.45) is 9.96. The molecule has 0 amide bonds. The van der Waals surface area contributed by atoms with Crippen LogP contribution in [0.5, 0.6) is 0 Å². The average Bonchev–Trinajstić information content (AvgIpc) is 3.54. The van der Waals surface area contributed by atoms with Gasteiger partial charge in [-0.3, -0.25) is 9.78 Å². The van der Waals surface area contributed by atoms with Crippen LogP contribution in [0.2, 0.25) is 0 Å². The van der Waals surface area contributed by atoms with E-state index in [1.54, 1.807) is 0 Å². The van der Waals surface area contributed by atoms with Crippen molar-refractivity contribution in [2.45, 2.75) is 72.1 Å². The molecule has 3 aromatic carbocycles. The molecule has 1 aliphatic carbocycles. The summed E-state index contributed by atoms with van der Waals surface area (Å²) in [4.78, 5) is 14.9. The number of carbonyl (C=O) groups excluding carboxylic acids is 1. The molecular weight excluding hydrogens is 703 g/mol. The Hall–Kier alpha value is -2.85. The van der Waals surface area contributed by atoms with Crippen LogP contribution in [0, 0.1) is 12.0 Å².